The van der Waals surface area contributed by atoms with Crippen molar-refractivity contribution in [3.63, 3.8) is 0 Å². The molecule has 2 amide bonds. The number of pyridine rings is 1. The summed E-state index contributed by atoms with van der Waals surface area (Å²) in [5.74, 6) is 0. The zero-order valence-corrected chi connectivity index (χ0v) is 18.6. The number of nitrogens with zero attached hydrogens (tertiary/aromatic N) is 1. The summed E-state index contributed by atoms with van der Waals surface area (Å²) in [7, 11) is -4.15. The summed E-state index contributed by atoms with van der Waals surface area (Å²) in [5.41, 5.74) is -1.38. The topological polar surface area (TPSA) is 100 Å². The summed E-state index contributed by atoms with van der Waals surface area (Å²) in [6.45, 7) is 0.0604. The number of hydrogen-bond acceptors (Lipinski definition) is 4. The van der Waals surface area contributed by atoms with Gasteiger partial charge in [0.15, 0.2) is 0 Å². The van der Waals surface area contributed by atoms with Crippen molar-refractivity contribution in [1.29, 1.82) is 0 Å². The molecule has 0 aliphatic heterocycles. The SMILES string of the molecule is O=C(NCc1cccnc1)Nc1ccc(NS(=O)(=O)c2ccccc2Br)cc1C(F)(F)F. The maximum absolute atomic E-state index is 13.6. The van der Waals surface area contributed by atoms with Crippen molar-refractivity contribution in [3.05, 3.63) is 82.6 Å². The van der Waals surface area contributed by atoms with Gasteiger partial charge in [0.2, 0.25) is 0 Å². The van der Waals surface area contributed by atoms with Gasteiger partial charge in [-0.25, -0.2) is 13.2 Å². The number of alkyl halides is 3. The van der Waals surface area contributed by atoms with Crippen LogP contribution in [0, 0.1) is 0 Å². The monoisotopic (exact) mass is 528 g/mol. The number of nitrogens with one attached hydrogen (secondary N) is 3. The van der Waals surface area contributed by atoms with Crippen LogP contribution in [0.5, 0.6) is 0 Å². The van der Waals surface area contributed by atoms with Crippen molar-refractivity contribution in [1.82, 2.24) is 10.3 Å². The first-order chi connectivity index (χ1) is 15.1. The van der Waals surface area contributed by atoms with Crippen molar-refractivity contribution in [2.45, 2.75) is 17.6 Å². The molecule has 0 unspecified atom stereocenters. The summed E-state index contributed by atoms with van der Waals surface area (Å²) in [6, 6.07) is 11.1. The highest BCUT2D eigenvalue weighted by Gasteiger charge is 2.34. The minimum absolute atomic E-state index is 0.0604. The van der Waals surface area contributed by atoms with Crippen LogP contribution < -0.4 is 15.4 Å². The van der Waals surface area contributed by atoms with Crippen molar-refractivity contribution in [2.24, 2.45) is 0 Å². The zero-order valence-electron chi connectivity index (χ0n) is 16.2. The molecule has 0 spiro atoms. The Bertz CT molecular complexity index is 1220. The normalized spacial score (nSPS) is 11.6. The summed E-state index contributed by atoms with van der Waals surface area (Å²) >= 11 is 3.10. The number of urea groups is 1. The van der Waals surface area contributed by atoms with Gasteiger partial charge in [-0.2, -0.15) is 13.2 Å². The Morgan fingerprint density at radius 2 is 1.81 bits per heavy atom. The first-order valence-corrected chi connectivity index (χ1v) is 11.3. The van der Waals surface area contributed by atoms with Crippen LogP contribution in [0.3, 0.4) is 0 Å². The zero-order chi connectivity index (χ0) is 23.4. The van der Waals surface area contributed by atoms with E-state index >= 15 is 0 Å². The lowest BCUT2D eigenvalue weighted by atomic mass is 10.1. The van der Waals surface area contributed by atoms with Crippen LogP contribution in [-0.4, -0.2) is 19.4 Å². The maximum Gasteiger partial charge on any atom is 0.418 e. The lowest BCUT2D eigenvalue weighted by molar-refractivity contribution is -0.136. The molecule has 3 aromatic rings. The minimum atomic E-state index is -4.85. The fourth-order valence-corrected chi connectivity index (χ4v) is 4.73. The predicted molar refractivity (Wildman–Crippen MR) is 116 cm³/mol. The molecule has 0 saturated heterocycles. The molecule has 168 valence electrons. The van der Waals surface area contributed by atoms with Crippen LogP contribution in [0.1, 0.15) is 11.1 Å². The van der Waals surface area contributed by atoms with Gasteiger partial charge in [-0.3, -0.25) is 9.71 Å². The highest BCUT2D eigenvalue weighted by atomic mass is 79.9. The van der Waals surface area contributed by atoms with E-state index < -0.39 is 33.5 Å². The maximum atomic E-state index is 13.6. The van der Waals surface area contributed by atoms with Crippen LogP contribution in [0.25, 0.3) is 0 Å². The molecular formula is C20H16BrF3N4O3S. The molecule has 0 fully saturated rings. The van der Waals surface area contributed by atoms with Crippen molar-refractivity contribution >= 4 is 43.4 Å². The summed E-state index contributed by atoms with van der Waals surface area (Å²) in [4.78, 5) is 15.8. The second-order valence-corrected chi connectivity index (χ2v) is 8.97. The molecule has 0 bridgehead atoms. The van der Waals surface area contributed by atoms with E-state index in [9.17, 15) is 26.4 Å². The number of amides is 2. The molecule has 32 heavy (non-hydrogen) atoms. The Labute approximate surface area is 190 Å². The number of benzene rings is 2. The fourth-order valence-electron chi connectivity index (χ4n) is 2.68. The quantitative estimate of drug-likeness (QED) is 0.419. The molecule has 0 saturated carbocycles. The van der Waals surface area contributed by atoms with Gasteiger partial charge >= 0.3 is 12.2 Å². The predicted octanol–water partition coefficient (Wildman–Crippen LogP) is 4.99. The smallest absolute Gasteiger partial charge is 0.334 e. The molecule has 3 N–H and O–H groups in total. The lowest BCUT2D eigenvalue weighted by Crippen LogP contribution is -2.29. The Morgan fingerprint density at radius 1 is 1.06 bits per heavy atom. The molecule has 1 heterocycles. The molecule has 2 aromatic carbocycles. The lowest BCUT2D eigenvalue weighted by Gasteiger charge is -2.17. The fraction of sp³-hybridized carbons (Fsp3) is 0.100. The average Bonchev–Trinajstić information content (AvgIpc) is 2.73. The number of rotatable bonds is 6. The largest absolute Gasteiger partial charge is 0.418 e. The van der Waals surface area contributed by atoms with E-state index in [1.165, 1.54) is 24.4 Å². The van der Waals surface area contributed by atoms with E-state index in [0.29, 0.717) is 11.6 Å². The minimum Gasteiger partial charge on any atom is -0.334 e. The molecule has 0 radical (unpaired) electrons. The van der Waals surface area contributed by atoms with Crippen LogP contribution in [-0.2, 0) is 22.7 Å². The van der Waals surface area contributed by atoms with Crippen molar-refractivity contribution in [2.75, 3.05) is 10.0 Å². The Balaban J connectivity index is 1.80. The summed E-state index contributed by atoms with van der Waals surface area (Å²) in [5, 5.41) is 4.58. The highest BCUT2D eigenvalue weighted by Crippen LogP contribution is 2.37. The van der Waals surface area contributed by atoms with Crippen LogP contribution in [0.15, 0.2) is 76.4 Å². The van der Waals surface area contributed by atoms with Gasteiger partial charge in [0.05, 0.1) is 11.3 Å². The third-order valence-electron chi connectivity index (χ3n) is 4.13. The third kappa shape index (κ3) is 5.98. The summed E-state index contributed by atoms with van der Waals surface area (Å²) < 4.78 is 68.3. The van der Waals surface area contributed by atoms with Crippen LogP contribution in [0.2, 0.25) is 0 Å². The Hall–Kier alpha value is -3.12. The number of sulfonamides is 1. The molecule has 0 aliphatic carbocycles. The molecule has 12 heteroatoms. The standard InChI is InChI=1S/C20H16BrF3N4O3S/c21-16-5-1-2-6-18(16)32(30,31)28-14-7-8-17(15(10-14)20(22,23)24)27-19(29)26-12-13-4-3-9-25-11-13/h1-11,28H,12H2,(H2,26,27,29). The molecule has 0 atom stereocenters. The molecule has 1 aromatic heterocycles. The van der Waals surface area contributed by atoms with Crippen molar-refractivity contribution < 1.29 is 26.4 Å². The first kappa shape index (κ1) is 23.5. The second-order valence-electron chi connectivity index (χ2n) is 6.46. The molecular weight excluding hydrogens is 513 g/mol. The van der Waals surface area contributed by atoms with E-state index in [2.05, 4.69) is 36.3 Å². The highest BCUT2D eigenvalue weighted by molar-refractivity contribution is 9.10. The van der Waals surface area contributed by atoms with Crippen LogP contribution >= 0.6 is 15.9 Å². The van der Waals surface area contributed by atoms with E-state index in [4.69, 9.17) is 0 Å². The second kappa shape index (κ2) is 9.57. The third-order valence-corrected chi connectivity index (χ3v) is 6.52. The van der Waals surface area contributed by atoms with E-state index in [1.807, 2.05) is 0 Å². The van der Waals surface area contributed by atoms with E-state index in [0.717, 1.165) is 12.1 Å². The molecule has 0 aliphatic rings. The van der Waals surface area contributed by atoms with Gasteiger partial charge in [0.25, 0.3) is 10.0 Å². The molecule has 3 rings (SSSR count). The molecule has 7 nitrogen and oxygen atoms in total. The number of carbonyl (C=O) groups excluding carboxylic acids is 1. The van der Waals surface area contributed by atoms with Gasteiger partial charge in [0, 0.05) is 29.1 Å². The Morgan fingerprint density at radius 3 is 2.47 bits per heavy atom. The van der Waals surface area contributed by atoms with E-state index in [1.54, 1.807) is 24.4 Å². The number of hydrogen-bond donors (Lipinski definition) is 3. The van der Waals surface area contributed by atoms with Crippen molar-refractivity contribution in [3.8, 4) is 0 Å². The average molecular weight is 529 g/mol. The summed E-state index contributed by atoms with van der Waals surface area (Å²) in [6.07, 6.45) is -1.79. The van der Waals surface area contributed by atoms with Crippen LogP contribution in [0.4, 0.5) is 29.3 Å². The number of carbonyl (C=O) groups is 1. The van der Waals surface area contributed by atoms with Gasteiger partial charge in [-0.05, 0) is 57.9 Å². The first-order valence-electron chi connectivity index (χ1n) is 8.98. The Kier molecular flexibility index (Phi) is 7.04. The van der Waals surface area contributed by atoms with Gasteiger partial charge in [-0.15, -0.1) is 0 Å². The number of anilines is 2. The number of halogens is 4. The van der Waals surface area contributed by atoms with Gasteiger partial charge < -0.3 is 10.6 Å². The van der Waals surface area contributed by atoms with E-state index in [-0.39, 0.29) is 21.6 Å². The van der Waals surface area contributed by atoms with Gasteiger partial charge in [0.1, 0.15) is 4.90 Å². The number of aromatic nitrogens is 1. The van der Waals surface area contributed by atoms with Gasteiger partial charge in [-0.1, -0.05) is 18.2 Å².